The zero-order chi connectivity index (χ0) is 21.0. The van der Waals surface area contributed by atoms with E-state index < -0.39 is 29.4 Å². The molecule has 0 saturated carbocycles. The van der Waals surface area contributed by atoms with Crippen molar-refractivity contribution in [2.75, 3.05) is 13.7 Å². The molecule has 29 heavy (non-hydrogen) atoms. The second kappa shape index (κ2) is 8.42. The Labute approximate surface area is 165 Å². The van der Waals surface area contributed by atoms with Crippen LogP contribution in [0, 0.1) is 10.1 Å². The van der Waals surface area contributed by atoms with Crippen molar-refractivity contribution < 1.29 is 28.4 Å². The highest BCUT2D eigenvalue weighted by Gasteiger charge is 2.20. The molecule has 0 spiro atoms. The number of ether oxygens (including phenoxy) is 2. The number of rotatable bonds is 7. The molecule has 1 amide bonds. The van der Waals surface area contributed by atoms with E-state index in [1.165, 1.54) is 19.2 Å². The maximum Gasteiger partial charge on any atom is 0.342 e. The van der Waals surface area contributed by atoms with Gasteiger partial charge in [0.1, 0.15) is 22.7 Å². The molecule has 0 aliphatic carbocycles. The van der Waals surface area contributed by atoms with Crippen LogP contribution in [0.25, 0.3) is 11.0 Å². The number of para-hydroxylation sites is 1. The molecule has 0 fully saturated rings. The number of nitrogens with one attached hydrogen (secondary N) is 1. The van der Waals surface area contributed by atoms with Gasteiger partial charge in [-0.1, -0.05) is 18.2 Å². The van der Waals surface area contributed by atoms with Crippen LogP contribution in [0.4, 0.5) is 5.69 Å². The molecule has 1 atom stereocenters. The molecule has 0 aliphatic rings. The van der Waals surface area contributed by atoms with Crippen LogP contribution >= 0.6 is 0 Å². The largest absolute Gasteiger partial charge is 0.496 e. The number of carbonyl (C=O) groups excluding carboxylic acids is 2. The molecule has 3 aromatic rings. The smallest absolute Gasteiger partial charge is 0.342 e. The standard InChI is InChI=1S/C20H18N2O7/c1-12(18-9-13-5-3-4-6-16(13)29-18)21-19(23)11-28-20(24)15-10-14(22(25)26)7-8-17(15)27-2/h3-10,12H,11H2,1-2H3,(H,21,23)/t12-/m0/s1. The number of hydrogen-bond acceptors (Lipinski definition) is 7. The monoisotopic (exact) mass is 398 g/mol. The zero-order valence-electron chi connectivity index (χ0n) is 15.7. The molecule has 9 heteroatoms. The first kappa shape index (κ1) is 19.9. The van der Waals surface area contributed by atoms with E-state index in [-0.39, 0.29) is 17.0 Å². The molecular weight excluding hydrogens is 380 g/mol. The van der Waals surface area contributed by atoms with Crippen LogP contribution in [-0.2, 0) is 9.53 Å². The Bertz CT molecular complexity index is 1040. The number of non-ortho nitro benzene ring substituents is 1. The fourth-order valence-electron chi connectivity index (χ4n) is 2.75. The Balaban J connectivity index is 1.62. The fraction of sp³-hybridized carbons (Fsp3) is 0.200. The van der Waals surface area contributed by atoms with E-state index in [4.69, 9.17) is 13.9 Å². The summed E-state index contributed by atoms with van der Waals surface area (Å²) in [6, 6.07) is 12.4. The Hall–Kier alpha value is -3.88. The summed E-state index contributed by atoms with van der Waals surface area (Å²) in [4.78, 5) is 34.7. The van der Waals surface area contributed by atoms with Gasteiger partial charge in [-0.2, -0.15) is 0 Å². The lowest BCUT2D eigenvalue weighted by Gasteiger charge is -2.12. The number of benzene rings is 2. The summed E-state index contributed by atoms with van der Waals surface area (Å²) in [7, 11) is 1.32. The van der Waals surface area contributed by atoms with Gasteiger partial charge < -0.3 is 19.2 Å². The van der Waals surface area contributed by atoms with Gasteiger partial charge in [0.2, 0.25) is 0 Å². The van der Waals surface area contributed by atoms with E-state index in [0.29, 0.717) is 11.3 Å². The zero-order valence-corrected chi connectivity index (χ0v) is 15.7. The van der Waals surface area contributed by atoms with Gasteiger partial charge in [0.25, 0.3) is 11.6 Å². The van der Waals surface area contributed by atoms with Gasteiger partial charge in [-0.25, -0.2) is 4.79 Å². The van der Waals surface area contributed by atoms with Gasteiger partial charge in [-0.05, 0) is 25.1 Å². The predicted molar refractivity (Wildman–Crippen MR) is 103 cm³/mol. The first-order valence-electron chi connectivity index (χ1n) is 8.66. The second-order valence-electron chi connectivity index (χ2n) is 6.19. The van der Waals surface area contributed by atoms with Gasteiger partial charge >= 0.3 is 5.97 Å². The number of esters is 1. The number of nitrogens with zero attached hydrogens (tertiary/aromatic N) is 1. The van der Waals surface area contributed by atoms with E-state index in [9.17, 15) is 19.7 Å². The number of amides is 1. The first-order valence-corrected chi connectivity index (χ1v) is 8.66. The van der Waals surface area contributed by atoms with Crippen molar-refractivity contribution in [2.24, 2.45) is 0 Å². The van der Waals surface area contributed by atoms with Crippen LogP contribution in [0.5, 0.6) is 5.75 Å². The average Bonchev–Trinajstić information content (AvgIpc) is 3.16. The molecule has 0 saturated heterocycles. The van der Waals surface area contributed by atoms with E-state index in [1.807, 2.05) is 30.3 Å². The molecule has 9 nitrogen and oxygen atoms in total. The normalized spacial score (nSPS) is 11.7. The summed E-state index contributed by atoms with van der Waals surface area (Å²) in [5.41, 5.74) is 0.272. The van der Waals surface area contributed by atoms with Crippen molar-refractivity contribution in [3.05, 3.63) is 70.0 Å². The molecule has 150 valence electrons. The lowest BCUT2D eigenvalue weighted by molar-refractivity contribution is -0.384. The number of methoxy groups -OCH3 is 1. The van der Waals surface area contributed by atoms with Gasteiger partial charge in [0, 0.05) is 17.5 Å². The van der Waals surface area contributed by atoms with Crippen LogP contribution in [-0.4, -0.2) is 30.5 Å². The van der Waals surface area contributed by atoms with Gasteiger partial charge in [0.05, 0.1) is 18.1 Å². The maximum absolute atomic E-state index is 12.3. The summed E-state index contributed by atoms with van der Waals surface area (Å²) in [5, 5.41) is 14.5. The molecule has 1 N–H and O–H groups in total. The van der Waals surface area contributed by atoms with Crippen LogP contribution < -0.4 is 10.1 Å². The highest BCUT2D eigenvalue weighted by atomic mass is 16.6. The first-order chi connectivity index (χ1) is 13.9. The van der Waals surface area contributed by atoms with E-state index in [2.05, 4.69) is 5.32 Å². The molecule has 0 bridgehead atoms. The number of hydrogen-bond donors (Lipinski definition) is 1. The van der Waals surface area contributed by atoms with Crippen molar-refractivity contribution in [3.63, 3.8) is 0 Å². The van der Waals surface area contributed by atoms with Crippen LogP contribution in [0.2, 0.25) is 0 Å². The summed E-state index contributed by atoms with van der Waals surface area (Å²) in [6.07, 6.45) is 0. The van der Waals surface area contributed by atoms with Crippen molar-refractivity contribution in [3.8, 4) is 5.75 Å². The number of nitro benzene ring substituents is 1. The van der Waals surface area contributed by atoms with Crippen LogP contribution in [0.3, 0.4) is 0 Å². The maximum atomic E-state index is 12.3. The van der Waals surface area contributed by atoms with Crippen LogP contribution in [0.15, 0.2) is 52.9 Å². The van der Waals surface area contributed by atoms with Crippen molar-refractivity contribution in [1.82, 2.24) is 5.32 Å². The van der Waals surface area contributed by atoms with E-state index >= 15 is 0 Å². The number of furan rings is 1. The highest BCUT2D eigenvalue weighted by Crippen LogP contribution is 2.25. The molecular formula is C20H18N2O7. The van der Waals surface area contributed by atoms with Crippen molar-refractivity contribution >= 4 is 28.5 Å². The third kappa shape index (κ3) is 4.52. The number of nitro groups is 1. The third-order valence-electron chi connectivity index (χ3n) is 4.20. The minimum absolute atomic E-state index is 0.108. The molecule has 3 rings (SSSR count). The molecule has 1 aromatic heterocycles. The number of carbonyl (C=O) groups is 2. The lowest BCUT2D eigenvalue weighted by Crippen LogP contribution is -2.31. The minimum Gasteiger partial charge on any atom is -0.496 e. The summed E-state index contributed by atoms with van der Waals surface area (Å²) < 4.78 is 15.7. The Kier molecular flexibility index (Phi) is 5.77. The topological polar surface area (TPSA) is 121 Å². The van der Waals surface area contributed by atoms with E-state index in [0.717, 1.165) is 11.5 Å². The predicted octanol–water partition coefficient (Wildman–Crippen LogP) is 3.38. The van der Waals surface area contributed by atoms with Crippen molar-refractivity contribution in [1.29, 1.82) is 0 Å². The van der Waals surface area contributed by atoms with Crippen LogP contribution in [0.1, 0.15) is 29.1 Å². The average molecular weight is 398 g/mol. The summed E-state index contributed by atoms with van der Waals surface area (Å²) in [5.74, 6) is -0.782. The summed E-state index contributed by atoms with van der Waals surface area (Å²) >= 11 is 0. The Morgan fingerprint density at radius 1 is 1.21 bits per heavy atom. The summed E-state index contributed by atoms with van der Waals surface area (Å²) in [6.45, 7) is 1.18. The SMILES string of the molecule is COc1ccc([N+](=O)[O-])cc1C(=O)OCC(=O)N[C@@H](C)c1cc2ccccc2o1. The van der Waals surface area contributed by atoms with Gasteiger partial charge in [0.15, 0.2) is 6.61 Å². The molecule has 0 unspecified atom stereocenters. The highest BCUT2D eigenvalue weighted by molar-refractivity contribution is 5.94. The van der Waals surface area contributed by atoms with E-state index in [1.54, 1.807) is 6.92 Å². The quantitative estimate of drug-likeness (QED) is 0.368. The van der Waals surface area contributed by atoms with Gasteiger partial charge in [-0.15, -0.1) is 0 Å². The Morgan fingerprint density at radius 3 is 2.66 bits per heavy atom. The molecule has 0 aliphatic heterocycles. The Morgan fingerprint density at radius 2 is 1.97 bits per heavy atom. The minimum atomic E-state index is -0.905. The molecule has 0 radical (unpaired) electrons. The third-order valence-corrected chi connectivity index (χ3v) is 4.20. The second-order valence-corrected chi connectivity index (χ2v) is 6.19. The fourth-order valence-corrected chi connectivity index (χ4v) is 2.75. The van der Waals surface area contributed by atoms with Crippen molar-refractivity contribution in [2.45, 2.75) is 13.0 Å². The number of fused-ring (bicyclic) bond motifs is 1. The molecule has 1 heterocycles. The van der Waals surface area contributed by atoms with Gasteiger partial charge in [-0.3, -0.25) is 14.9 Å². The molecule has 2 aromatic carbocycles. The lowest BCUT2D eigenvalue weighted by atomic mass is 10.2.